The van der Waals surface area contributed by atoms with Crippen LogP contribution in [0.15, 0.2) is 72.8 Å². The minimum atomic E-state index is -2.74. The van der Waals surface area contributed by atoms with Crippen LogP contribution in [0.25, 0.3) is 0 Å². The minimum Gasteiger partial charge on any atom is -0.481 e. The van der Waals surface area contributed by atoms with Crippen LogP contribution in [0.2, 0.25) is 10.0 Å². The van der Waals surface area contributed by atoms with Crippen molar-refractivity contribution < 1.29 is 49.2 Å². The number of nitrogens with zero attached hydrogens (tertiary/aromatic N) is 3. The number of amides is 4. The van der Waals surface area contributed by atoms with Crippen molar-refractivity contribution in [3.05, 3.63) is 105 Å². The molecule has 59 heavy (non-hydrogen) atoms. The maximum Gasteiger partial charge on any atom is 0.336 e. The molecule has 3 aromatic carbocycles. The third-order valence-electron chi connectivity index (χ3n) is 10.5. The number of carboxylic acid groups (broad SMARTS) is 3. The number of aliphatic carboxylic acids is 3. The molecule has 6 N–H and O–H groups in total. The fraction of sp³-hybridized carbons (Fsp3) is 0.429. The molecule has 0 radical (unpaired) electrons. The highest BCUT2D eigenvalue weighted by molar-refractivity contribution is 6.42. The molecule has 17 heteroatoms. The van der Waals surface area contributed by atoms with Crippen molar-refractivity contribution in [2.75, 3.05) is 46.3 Å². The summed E-state index contributed by atoms with van der Waals surface area (Å²) < 4.78 is 0. The summed E-state index contributed by atoms with van der Waals surface area (Å²) in [6.45, 7) is 4.56. The van der Waals surface area contributed by atoms with Gasteiger partial charge in [-0.1, -0.05) is 77.8 Å². The number of hydrogen-bond acceptors (Lipinski definition) is 8. The quantitative estimate of drug-likeness (QED) is 0.109. The van der Waals surface area contributed by atoms with Crippen molar-refractivity contribution in [1.82, 2.24) is 25.3 Å². The van der Waals surface area contributed by atoms with Gasteiger partial charge in [-0.15, -0.1) is 0 Å². The van der Waals surface area contributed by atoms with E-state index in [4.69, 9.17) is 43.6 Å². The molecule has 0 bridgehead atoms. The SMILES string of the molecule is CNC(=O)c1ccccc1CC(CCN1CCC(N2CCCN(CC(=O)NCc3ccccc3)C2=O)CC1)c1ccc(Cl)c(Cl)c1.O=C(O)CC(O)(CC(=O)O)C(=O)O. The van der Waals surface area contributed by atoms with Crippen molar-refractivity contribution in [1.29, 1.82) is 0 Å². The zero-order chi connectivity index (χ0) is 43.1. The zero-order valence-corrected chi connectivity index (χ0v) is 34.3. The monoisotopic (exact) mass is 855 g/mol. The van der Waals surface area contributed by atoms with Gasteiger partial charge in [-0.25, -0.2) is 9.59 Å². The van der Waals surface area contributed by atoms with E-state index in [1.807, 2.05) is 77.7 Å². The molecule has 0 aromatic heterocycles. The summed E-state index contributed by atoms with van der Waals surface area (Å²) in [6, 6.07) is 23.5. The Labute approximate surface area is 352 Å². The van der Waals surface area contributed by atoms with Crippen molar-refractivity contribution >= 4 is 59.0 Å². The standard InChI is InChI=1S/C36H43Cl2N5O3.C6H8O7/c1-39-35(45)31-11-6-5-10-29(31)22-28(27-12-13-32(37)33(38)23-27)14-19-41-20-15-30(16-21-41)43-18-7-17-42(36(43)46)25-34(44)40-24-26-8-3-2-4-9-26;7-3(8)1-6(13,5(11)12)2-4(9)10/h2-6,8-13,23,28,30H,7,14-22,24-25H2,1H3,(H,39,45)(H,40,44);13H,1-2H2,(H,7,8)(H,9,10)(H,11,12). The van der Waals surface area contributed by atoms with Crippen LogP contribution in [0, 0.1) is 0 Å². The Morgan fingerprint density at radius 3 is 2.10 bits per heavy atom. The van der Waals surface area contributed by atoms with Gasteiger partial charge in [0.2, 0.25) is 5.91 Å². The molecular weight excluding hydrogens is 805 g/mol. The molecule has 2 heterocycles. The second-order valence-electron chi connectivity index (χ2n) is 14.7. The first-order valence-electron chi connectivity index (χ1n) is 19.3. The maximum absolute atomic E-state index is 13.4. The van der Waals surface area contributed by atoms with E-state index >= 15 is 0 Å². The molecule has 3 aromatic rings. The number of aliphatic hydroxyl groups is 1. The Hall–Kier alpha value is -5.22. The second kappa shape index (κ2) is 22.2. The van der Waals surface area contributed by atoms with Crippen LogP contribution in [-0.2, 0) is 32.1 Å². The lowest BCUT2D eigenvalue weighted by molar-refractivity contribution is -0.170. The summed E-state index contributed by atoms with van der Waals surface area (Å²) >= 11 is 12.7. The van der Waals surface area contributed by atoms with Gasteiger partial charge in [-0.05, 0) is 79.5 Å². The predicted octanol–water partition coefficient (Wildman–Crippen LogP) is 4.73. The lowest BCUT2D eigenvalue weighted by Gasteiger charge is -2.43. The van der Waals surface area contributed by atoms with Crippen LogP contribution in [0.1, 0.15) is 71.5 Å². The Kier molecular flexibility index (Phi) is 17.5. The Morgan fingerprint density at radius 2 is 1.49 bits per heavy atom. The van der Waals surface area contributed by atoms with Crippen LogP contribution < -0.4 is 10.6 Å². The van der Waals surface area contributed by atoms with Gasteiger partial charge in [0.25, 0.3) is 5.91 Å². The van der Waals surface area contributed by atoms with E-state index in [0.717, 1.165) is 68.6 Å². The van der Waals surface area contributed by atoms with E-state index in [-0.39, 0.29) is 36.3 Å². The first-order chi connectivity index (χ1) is 28.1. The zero-order valence-electron chi connectivity index (χ0n) is 32.8. The maximum atomic E-state index is 13.4. The molecule has 15 nitrogen and oxygen atoms in total. The number of halogens is 2. The van der Waals surface area contributed by atoms with E-state index < -0.39 is 36.4 Å². The Bertz CT molecular complexity index is 1930. The molecule has 2 saturated heterocycles. The summed E-state index contributed by atoms with van der Waals surface area (Å²) in [4.78, 5) is 75.3. The first-order valence-corrected chi connectivity index (χ1v) is 20.1. The summed E-state index contributed by atoms with van der Waals surface area (Å²) in [6.07, 6.45) is 1.96. The summed E-state index contributed by atoms with van der Waals surface area (Å²) in [7, 11) is 1.65. The summed E-state index contributed by atoms with van der Waals surface area (Å²) in [5.74, 6) is -5.11. The average molecular weight is 857 g/mol. The predicted molar refractivity (Wildman–Crippen MR) is 220 cm³/mol. The van der Waals surface area contributed by atoms with Crippen molar-refractivity contribution in [2.24, 2.45) is 0 Å². The Morgan fingerprint density at radius 1 is 0.847 bits per heavy atom. The van der Waals surface area contributed by atoms with Crippen LogP contribution in [0.3, 0.4) is 0 Å². The van der Waals surface area contributed by atoms with E-state index in [2.05, 4.69) is 15.5 Å². The van der Waals surface area contributed by atoms with Crippen LogP contribution in [0.5, 0.6) is 0 Å². The topological polar surface area (TPSA) is 217 Å². The average Bonchev–Trinajstić information content (AvgIpc) is 3.20. The van der Waals surface area contributed by atoms with E-state index in [9.17, 15) is 28.8 Å². The molecular formula is C42H51Cl2N5O10. The van der Waals surface area contributed by atoms with Gasteiger partial charge in [0.1, 0.15) is 6.54 Å². The van der Waals surface area contributed by atoms with Gasteiger partial charge in [0, 0.05) is 51.4 Å². The number of carbonyl (C=O) groups excluding carboxylic acids is 3. The molecule has 0 aliphatic carbocycles. The fourth-order valence-corrected chi connectivity index (χ4v) is 7.60. The number of urea groups is 1. The fourth-order valence-electron chi connectivity index (χ4n) is 7.30. The number of piperidine rings is 1. The minimum absolute atomic E-state index is 0.0333. The molecule has 5 rings (SSSR count). The van der Waals surface area contributed by atoms with Gasteiger partial charge < -0.3 is 45.8 Å². The lowest BCUT2D eigenvalue weighted by atomic mass is 9.87. The summed E-state index contributed by atoms with van der Waals surface area (Å²) in [5.41, 5.74) is 1.08. The van der Waals surface area contributed by atoms with Crippen molar-refractivity contribution in [3.8, 4) is 0 Å². The van der Waals surface area contributed by atoms with Crippen molar-refractivity contribution in [3.63, 3.8) is 0 Å². The third kappa shape index (κ3) is 13.9. The highest BCUT2D eigenvalue weighted by atomic mass is 35.5. The molecule has 0 spiro atoms. The molecule has 1 unspecified atom stereocenters. The van der Waals surface area contributed by atoms with E-state index in [1.165, 1.54) is 0 Å². The van der Waals surface area contributed by atoms with Crippen LogP contribution in [-0.4, -0.2) is 129 Å². The van der Waals surface area contributed by atoms with E-state index in [0.29, 0.717) is 35.1 Å². The molecule has 2 fully saturated rings. The molecule has 0 saturated carbocycles. The van der Waals surface area contributed by atoms with Crippen molar-refractivity contribution in [2.45, 2.75) is 69.1 Å². The smallest absolute Gasteiger partial charge is 0.336 e. The third-order valence-corrected chi connectivity index (χ3v) is 11.2. The van der Waals surface area contributed by atoms with E-state index in [1.54, 1.807) is 11.9 Å². The normalized spacial score (nSPS) is 15.4. The molecule has 4 amide bonds. The summed E-state index contributed by atoms with van der Waals surface area (Å²) in [5, 5.41) is 40.6. The Balaban J connectivity index is 0.000000509. The number of likely N-dealkylation sites (tertiary alicyclic amines) is 1. The molecule has 2 aliphatic rings. The molecule has 2 aliphatic heterocycles. The van der Waals surface area contributed by atoms with Gasteiger partial charge in [0.05, 0.1) is 22.9 Å². The highest BCUT2D eigenvalue weighted by Crippen LogP contribution is 2.32. The lowest BCUT2D eigenvalue weighted by Crippen LogP contribution is -2.57. The number of rotatable bonds is 17. The van der Waals surface area contributed by atoms with Crippen LogP contribution >= 0.6 is 23.2 Å². The second-order valence-corrected chi connectivity index (χ2v) is 15.5. The van der Waals surface area contributed by atoms with Crippen LogP contribution in [0.4, 0.5) is 4.79 Å². The number of carboxylic acids is 3. The molecule has 1 atom stereocenters. The van der Waals surface area contributed by atoms with Gasteiger partial charge >= 0.3 is 23.9 Å². The van der Waals surface area contributed by atoms with Gasteiger partial charge in [-0.2, -0.15) is 0 Å². The largest absolute Gasteiger partial charge is 0.481 e. The number of nitrogens with one attached hydrogen (secondary N) is 2. The van der Waals surface area contributed by atoms with Gasteiger partial charge in [-0.3, -0.25) is 19.2 Å². The first kappa shape index (κ1) is 46.5. The molecule has 318 valence electrons. The number of hydrogen-bond donors (Lipinski definition) is 6. The highest BCUT2D eigenvalue weighted by Gasteiger charge is 2.41. The number of carbonyl (C=O) groups is 6. The number of benzene rings is 3. The van der Waals surface area contributed by atoms with Gasteiger partial charge in [0.15, 0.2) is 5.60 Å².